The van der Waals surface area contributed by atoms with Crippen LogP contribution in [0.5, 0.6) is 0 Å². The van der Waals surface area contributed by atoms with Crippen LogP contribution in [0.15, 0.2) is 26.7 Å². The molecule has 2 aromatic heterocycles. The van der Waals surface area contributed by atoms with Crippen LogP contribution in [0.3, 0.4) is 0 Å². The molecule has 2 aromatic rings. The predicted molar refractivity (Wildman–Crippen MR) is 140 cm³/mol. The van der Waals surface area contributed by atoms with Crippen LogP contribution in [0, 0.1) is 5.92 Å². The van der Waals surface area contributed by atoms with Gasteiger partial charge in [-0.1, -0.05) is 27.7 Å². The molecule has 0 aliphatic carbocycles. The van der Waals surface area contributed by atoms with Crippen molar-refractivity contribution in [1.82, 2.24) is 13.1 Å². The second-order valence-corrected chi connectivity index (χ2v) is 13.6. The third-order valence-corrected chi connectivity index (χ3v) is 10.9. The molecular weight excluding hydrogens is 526 g/mol. The Morgan fingerprint density at radius 1 is 1.31 bits per heavy atom. The second-order valence-electron chi connectivity index (χ2n) is 9.69. The van der Waals surface area contributed by atoms with E-state index in [1.807, 2.05) is 19.9 Å². The normalized spacial score (nSPS) is 22.7. The van der Waals surface area contributed by atoms with Gasteiger partial charge in [0.2, 0.25) is 11.6 Å². The molecule has 4 atom stereocenters. The first-order chi connectivity index (χ1) is 17.0. The summed E-state index contributed by atoms with van der Waals surface area (Å²) in [5.41, 5.74) is 1.06. The van der Waals surface area contributed by atoms with Crippen molar-refractivity contribution >= 4 is 44.6 Å². The lowest BCUT2D eigenvalue weighted by Gasteiger charge is -2.22. The number of sulfonamides is 1. The van der Waals surface area contributed by atoms with Gasteiger partial charge in [0.1, 0.15) is 11.5 Å². The number of hydrogen-bond acceptors (Lipinski definition) is 11. The van der Waals surface area contributed by atoms with Crippen LogP contribution in [0.1, 0.15) is 63.8 Å². The first-order valence-electron chi connectivity index (χ1n) is 11.9. The minimum atomic E-state index is -3.94. The van der Waals surface area contributed by atoms with Crippen molar-refractivity contribution in [2.24, 2.45) is 5.92 Å². The highest BCUT2D eigenvalue weighted by molar-refractivity contribution is 8.18. The lowest BCUT2D eigenvalue weighted by Crippen LogP contribution is -2.38. The number of aromatic nitrogens is 2. The highest BCUT2D eigenvalue weighted by Gasteiger charge is 2.42. The van der Waals surface area contributed by atoms with Gasteiger partial charge in [-0.05, 0) is 36.3 Å². The molecule has 0 spiro atoms. The lowest BCUT2D eigenvalue weighted by molar-refractivity contribution is 0.214. The largest absolute Gasteiger partial charge is 0.546 e. The zero-order valence-corrected chi connectivity index (χ0v) is 23.1. The Hall–Kier alpha value is -1.84. The first kappa shape index (κ1) is 27.2. The smallest absolute Gasteiger partial charge is 0.252 e. The SMILES string of the molecule is CC(C)c1coc([C@H](Nc2n[s+]([O-])nc2NC2CSC(S(=O)(=O)N3CCCC3CO)=C2O)C(C)C)c1. The number of nitrogens with one attached hydrogen (secondary N) is 2. The van der Waals surface area contributed by atoms with E-state index in [2.05, 4.69) is 33.2 Å². The summed E-state index contributed by atoms with van der Waals surface area (Å²) in [6, 6.07) is 0.459. The molecule has 200 valence electrons. The summed E-state index contributed by atoms with van der Waals surface area (Å²) < 4.78 is 53.6. The number of thioether (sulfide) groups is 1. The predicted octanol–water partition coefficient (Wildman–Crippen LogP) is 3.77. The van der Waals surface area contributed by atoms with Gasteiger partial charge in [-0.15, -0.1) is 11.8 Å². The molecular formula is C22H33N5O6S3. The maximum Gasteiger partial charge on any atom is 0.252 e. The summed E-state index contributed by atoms with van der Waals surface area (Å²) >= 11 is -0.834. The topological polar surface area (TPSA) is 164 Å². The van der Waals surface area contributed by atoms with E-state index in [1.54, 1.807) is 6.26 Å². The van der Waals surface area contributed by atoms with Crippen molar-refractivity contribution in [1.29, 1.82) is 0 Å². The number of aliphatic hydroxyl groups excluding tert-OH is 2. The molecule has 2 aliphatic rings. The highest BCUT2D eigenvalue weighted by Crippen LogP contribution is 2.40. The molecule has 11 nitrogen and oxygen atoms in total. The molecule has 4 heterocycles. The molecule has 3 unspecified atom stereocenters. The molecule has 2 aliphatic heterocycles. The van der Waals surface area contributed by atoms with Crippen LogP contribution in [-0.2, 0) is 10.0 Å². The van der Waals surface area contributed by atoms with E-state index in [1.165, 1.54) is 4.31 Å². The molecule has 4 N–H and O–H groups in total. The highest BCUT2D eigenvalue weighted by atomic mass is 32.3. The molecule has 36 heavy (non-hydrogen) atoms. The zero-order chi connectivity index (χ0) is 26.2. The Bertz CT molecular complexity index is 1210. The number of aliphatic hydroxyl groups is 2. The summed E-state index contributed by atoms with van der Waals surface area (Å²) in [6.45, 7) is 8.23. The van der Waals surface area contributed by atoms with Gasteiger partial charge in [-0.2, -0.15) is 4.31 Å². The van der Waals surface area contributed by atoms with E-state index in [0.29, 0.717) is 31.1 Å². The minimum absolute atomic E-state index is 0.0983. The molecule has 0 bridgehead atoms. The number of hydrogen-bond donors (Lipinski definition) is 4. The van der Waals surface area contributed by atoms with Crippen LogP contribution < -0.4 is 10.6 Å². The van der Waals surface area contributed by atoms with E-state index in [9.17, 15) is 23.2 Å². The third kappa shape index (κ3) is 5.38. The van der Waals surface area contributed by atoms with Crippen molar-refractivity contribution in [3.05, 3.63) is 33.6 Å². The molecule has 1 fully saturated rings. The van der Waals surface area contributed by atoms with Crippen LogP contribution in [0.2, 0.25) is 0 Å². The van der Waals surface area contributed by atoms with Crippen molar-refractivity contribution < 1.29 is 27.6 Å². The van der Waals surface area contributed by atoms with E-state index in [0.717, 1.165) is 17.3 Å². The van der Waals surface area contributed by atoms with E-state index < -0.39 is 33.2 Å². The lowest BCUT2D eigenvalue weighted by atomic mass is 9.99. The Morgan fingerprint density at radius 3 is 2.67 bits per heavy atom. The van der Waals surface area contributed by atoms with E-state index in [4.69, 9.17) is 4.42 Å². The fourth-order valence-corrected chi connectivity index (χ4v) is 8.47. The Balaban J connectivity index is 1.55. The summed E-state index contributed by atoms with van der Waals surface area (Å²) in [7, 11) is -3.94. The maximum atomic E-state index is 13.2. The molecule has 1 saturated heterocycles. The Kier molecular flexibility index (Phi) is 8.22. The van der Waals surface area contributed by atoms with Gasteiger partial charge in [-0.3, -0.25) is 0 Å². The van der Waals surface area contributed by atoms with Crippen molar-refractivity contribution in [2.75, 3.05) is 29.5 Å². The first-order valence-corrected chi connectivity index (χ1v) is 15.4. The van der Waals surface area contributed by atoms with Crippen LogP contribution in [-0.4, -0.2) is 67.2 Å². The standard InChI is InChI=1S/C22H33N5O6S3/c1-12(2)14-8-17(33-10-14)18(13(3)4)24-21-20(25-35(30)26-21)23-16-11-34-22(19(16)29)36(31,32)27-7-5-6-15(27)9-28/h8,10,12-13,15-16,18,28-29H,5-7,9,11H2,1-4H3,(H,23,25)(H,24,26)/t15?,16?,18-,35?/m1/s1. The third-order valence-electron chi connectivity index (χ3n) is 6.44. The van der Waals surface area contributed by atoms with Gasteiger partial charge in [-0.25, -0.2) is 8.42 Å². The molecule has 0 radical (unpaired) electrons. The average molecular weight is 560 g/mol. The number of anilines is 2. The zero-order valence-electron chi connectivity index (χ0n) is 20.7. The molecule has 14 heteroatoms. The molecule has 0 aromatic carbocycles. The Labute approximate surface area is 218 Å². The fourth-order valence-electron chi connectivity index (χ4n) is 4.35. The van der Waals surface area contributed by atoms with Crippen LogP contribution in [0.25, 0.3) is 0 Å². The van der Waals surface area contributed by atoms with Gasteiger partial charge < -0.3 is 29.8 Å². The molecule has 0 amide bonds. The summed E-state index contributed by atoms with van der Waals surface area (Å²) in [6.07, 6.45) is 2.96. The van der Waals surface area contributed by atoms with Gasteiger partial charge in [0.15, 0.2) is 15.4 Å². The monoisotopic (exact) mass is 559 g/mol. The number of nitrogens with zero attached hydrogens (tertiary/aromatic N) is 3. The molecule has 0 saturated carbocycles. The van der Waals surface area contributed by atoms with Crippen molar-refractivity contribution in [3.63, 3.8) is 0 Å². The minimum Gasteiger partial charge on any atom is -0.546 e. The van der Waals surface area contributed by atoms with Gasteiger partial charge in [0.05, 0.1) is 25.0 Å². The van der Waals surface area contributed by atoms with E-state index >= 15 is 0 Å². The second kappa shape index (κ2) is 10.9. The fraction of sp³-hybridized carbons (Fsp3) is 0.636. The van der Waals surface area contributed by atoms with Gasteiger partial charge >= 0.3 is 0 Å². The summed E-state index contributed by atoms with van der Waals surface area (Å²) in [5.74, 6) is 1.46. The summed E-state index contributed by atoms with van der Waals surface area (Å²) in [5, 5.41) is 26.7. The maximum absolute atomic E-state index is 13.2. The van der Waals surface area contributed by atoms with Crippen LogP contribution >= 0.6 is 22.9 Å². The van der Waals surface area contributed by atoms with Crippen LogP contribution in [0.4, 0.5) is 11.6 Å². The van der Waals surface area contributed by atoms with Gasteiger partial charge in [0.25, 0.3) is 10.0 Å². The number of furan rings is 1. The Morgan fingerprint density at radius 2 is 2.03 bits per heavy atom. The van der Waals surface area contributed by atoms with Gasteiger partial charge in [0, 0.05) is 27.1 Å². The molecule has 4 rings (SSSR count). The average Bonchev–Trinajstić information content (AvgIpc) is 3.59. The van der Waals surface area contributed by atoms with Crippen molar-refractivity contribution in [3.8, 4) is 0 Å². The number of rotatable bonds is 10. The van der Waals surface area contributed by atoms with Crippen molar-refractivity contribution in [2.45, 2.75) is 64.6 Å². The van der Waals surface area contributed by atoms with E-state index in [-0.39, 0.29) is 46.0 Å². The quantitative estimate of drug-likeness (QED) is 0.313. The summed E-state index contributed by atoms with van der Waals surface area (Å²) in [4.78, 5) is 0.